The largest absolute Gasteiger partial charge is 0.487 e. The number of hydrogen-bond donors (Lipinski definition) is 0. The lowest BCUT2D eigenvalue weighted by Crippen LogP contribution is -2.50. The Morgan fingerprint density at radius 1 is 0.971 bits per heavy atom. The highest BCUT2D eigenvalue weighted by Gasteiger charge is 2.58. The van der Waals surface area contributed by atoms with Crippen molar-refractivity contribution in [1.29, 1.82) is 0 Å². The van der Waals surface area contributed by atoms with Gasteiger partial charge in [-0.15, -0.1) is 0 Å². The molecule has 6 rings (SSSR count). The molecule has 34 heavy (non-hydrogen) atoms. The molecular weight excluding hydrogens is 451 g/mol. The maximum absolute atomic E-state index is 14.2. The van der Waals surface area contributed by atoms with Crippen molar-refractivity contribution in [3.05, 3.63) is 71.2 Å². The van der Waals surface area contributed by atoms with Gasteiger partial charge in [0.1, 0.15) is 22.5 Å². The van der Waals surface area contributed by atoms with Crippen molar-refractivity contribution in [1.82, 2.24) is 0 Å². The van der Waals surface area contributed by atoms with Crippen LogP contribution in [0.2, 0.25) is 0 Å². The predicted molar refractivity (Wildman–Crippen MR) is 114 cm³/mol. The first-order valence-electron chi connectivity index (χ1n) is 10.8. The molecule has 176 valence electrons. The van der Waals surface area contributed by atoms with Crippen LogP contribution in [0.3, 0.4) is 0 Å². The van der Waals surface area contributed by atoms with Gasteiger partial charge in [0.25, 0.3) is 0 Å². The van der Waals surface area contributed by atoms with E-state index in [0.29, 0.717) is 34.9 Å². The van der Waals surface area contributed by atoms with E-state index in [1.807, 2.05) is 26.0 Å². The lowest BCUT2D eigenvalue weighted by Gasteiger charge is -2.43. The van der Waals surface area contributed by atoms with Crippen molar-refractivity contribution < 1.29 is 36.6 Å². The third-order valence-corrected chi connectivity index (χ3v) is 6.53. The number of anilines is 1. The van der Waals surface area contributed by atoms with E-state index < -0.39 is 23.0 Å². The van der Waals surface area contributed by atoms with Crippen molar-refractivity contribution in [2.24, 2.45) is 0 Å². The molecule has 3 aromatic rings. The van der Waals surface area contributed by atoms with Crippen LogP contribution in [-0.2, 0) is 22.9 Å². The normalized spacial score (nSPS) is 22.0. The molecule has 3 aliphatic heterocycles. The highest BCUT2D eigenvalue weighted by Crippen LogP contribution is 2.58. The van der Waals surface area contributed by atoms with Crippen LogP contribution in [-0.4, -0.2) is 18.3 Å². The second kappa shape index (κ2) is 6.71. The highest BCUT2D eigenvalue weighted by atomic mass is 19.4. The fourth-order valence-corrected chi connectivity index (χ4v) is 5.29. The van der Waals surface area contributed by atoms with E-state index in [2.05, 4.69) is 0 Å². The Morgan fingerprint density at radius 2 is 1.71 bits per heavy atom. The molecule has 0 radical (unpaired) electrons. The number of fused-ring (bicyclic) bond motifs is 5. The molecule has 4 heterocycles. The van der Waals surface area contributed by atoms with Gasteiger partial charge in [-0.05, 0) is 43.7 Å². The number of ether oxygens (including phenoxy) is 3. The molecule has 3 aliphatic rings. The van der Waals surface area contributed by atoms with Gasteiger partial charge in [-0.25, -0.2) is 0 Å². The number of alkyl halides is 3. The van der Waals surface area contributed by atoms with Crippen LogP contribution in [0.15, 0.2) is 52.9 Å². The lowest BCUT2D eigenvalue weighted by molar-refractivity contribution is -0.153. The van der Waals surface area contributed by atoms with E-state index in [4.69, 9.17) is 18.6 Å². The van der Waals surface area contributed by atoms with Crippen LogP contribution in [0.5, 0.6) is 17.2 Å². The molecule has 1 amide bonds. The SMILES string of the molecule is CC1(C)CC2(C(=O)N(Cc3ccc(C(F)(F)F)o3)c3ccccc32)c2cc3c(cc2O1)OCO3. The van der Waals surface area contributed by atoms with Gasteiger partial charge in [0.2, 0.25) is 18.5 Å². The summed E-state index contributed by atoms with van der Waals surface area (Å²) in [5.41, 5.74) is 0.228. The molecule has 0 bridgehead atoms. The quantitative estimate of drug-likeness (QED) is 0.500. The molecule has 0 saturated heterocycles. The Balaban J connectivity index is 1.50. The first-order valence-corrected chi connectivity index (χ1v) is 10.8. The summed E-state index contributed by atoms with van der Waals surface area (Å²) < 4.78 is 61.6. The highest BCUT2D eigenvalue weighted by molar-refractivity contribution is 6.11. The summed E-state index contributed by atoms with van der Waals surface area (Å²) in [6.45, 7) is 3.76. The summed E-state index contributed by atoms with van der Waals surface area (Å²) in [6.07, 6.45) is -4.26. The van der Waals surface area contributed by atoms with E-state index in [9.17, 15) is 18.0 Å². The molecule has 1 spiro atoms. The molecule has 0 fully saturated rings. The molecule has 0 N–H and O–H groups in total. The number of carbonyl (C=O) groups excluding carboxylic acids is 1. The Hall–Kier alpha value is -3.62. The van der Waals surface area contributed by atoms with E-state index >= 15 is 0 Å². The van der Waals surface area contributed by atoms with Gasteiger partial charge >= 0.3 is 6.18 Å². The molecule has 1 unspecified atom stereocenters. The zero-order valence-corrected chi connectivity index (χ0v) is 18.4. The molecular formula is C25H20F3NO5. The van der Waals surface area contributed by atoms with Crippen LogP contribution in [0.4, 0.5) is 18.9 Å². The van der Waals surface area contributed by atoms with Crippen molar-refractivity contribution in [2.45, 2.75) is 44.0 Å². The molecule has 1 aromatic heterocycles. The van der Waals surface area contributed by atoms with Crippen molar-refractivity contribution >= 4 is 11.6 Å². The van der Waals surface area contributed by atoms with Gasteiger partial charge < -0.3 is 23.5 Å². The number of benzene rings is 2. The molecule has 9 heteroatoms. The van der Waals surface area contributed by atoms with Crippen LogP contribution in [0.1, 0.15) is 42.9 Å². The predicted octanol–water partition coefficient (Wildman–Crippen LogP) is 5.42. The van der Waals surface area contributed by atoms with Crippen LogP contribution < -0.4 is 19.1 Å². The van der Waals surface area contributed by atoms with Gasteiger partial charge in [0, 0.05) is 23.7 Å². The molecule has 0 saturated carbocycles. The minimum absolute atomic E-state index is 0.0461. The van der Waals surface area contributed by atoms with E-state index in [1.165, 1.54) is 11.0 Å². The summed E-state index contributed by atoms with van der Waals surface area (Å²) in [7, 11) is 0. The number of hydrogen-bond acceptors (Lipinski definition) is 5. The number of rotatable bonds is 2. The minimum Gasteiger partial charge on any atom is -0.487 e. The third-order valence-electron chi connectivity index (χ3n) is 6.53. The van der Waals surface area contributed by atoms with E-state index in [-0.39, 0.29) is 25.0 Å². The number of nitrogens with zero attached hydrogens (tertiary/aromatic N) is 1. The number of halogens is 3. The third kappa shape index (κ3) is 2.92. The number of carbonyl (C=O) groups is 1. The number of furan rings is 1. The summed E-state index contributed by atoms with van der Waals surface area (Å²) in [6, 6.07) is 13.0. The van der Waals surface area contributed by atoms with Gasteiger partial charge in [-0.1, -0.05) is 18.2 Å². The minimum atomic E-state index is -4.60. The van der Waals surface area contributed by atoms with Crippen LogP contribution in [0.25, 0.3) is 0 Å². The van der Waals surface area contributed by atoms with Crippen LogP contribution >= 0.6 is 0 Å². The van der Waals surface area contributed by atoms with Gasteiger partial charge in [0.05, 0.1) is 6.54 Å². The van der Waals surface area contributed by atoms with Crippen LogP contribution in [0, 0.1) is 0 Å². The average molecular weight is 471 g/mol. The molecule has 2 aromatic carbocycles. The Labute approximate surface area is 192 Å². The first kappa shape index (κ1) is 20.9. The average Bonchev–Trinajstić information content (AvgIpc) is 3.47. The zero-order valence-electron chi connectivity index (χ0n) is 18.4. The maximum atomic E-state index is 14.2. The fourth-order valence-electron chi connectivity index (χ4n) is 5.29. The Morgan fingerprint density at radius 3 is 2.44 bits per heavy atom. The summed E-state index contributed by atoms with van der Waals surface area (Å²) in [5.74, 6) is 0.272. The Bertz CT molecular complexity index is 1330. The summed E-state index contributed by atoms with van der Waals surface area (Å²) >= 11 is 0. The molecule has 0 aliphatic carbocycles. The van der Waals surface area contributed by atoms with E-state index in [0.717, 1.165) is 11.6 Å². The fraction of sp³-hybridized carbons (Fsp3) is 0.320. The maximum Gasteiger partial charge on any atom is 0.449 e. The standard InChI is InChI=1S/C25H20F3NO5/c1-23(2)12-24(16-9-19-20(32-13-31-19)10-18(16)34-23)15-5-3-4-6-17(15)29(22(24)30)11-14-7-8-21(33-14)25(26,27)28/h3-10H,11-13H2,1-2H3. The molecule has 6 nitrogen and oxygen atoms in total. The summed E-state index contributed by atoms with van der Waals surface area (Å²) in [5, 5.41) is 0. The first-order chi connectivity index (χ1) is 16.1. The number of amides is 1. The van der Waals surface area contributed by atoms with E-state index in [1.54, 1.807) is 24.3 Å². The second-order valence-corrected chi connectivity index (χ2v) is 9.32. The second-order valence-electron chi connectivity index (χ2n) is 9.32. The Kier molecular flexibility index (Phi) is 4.14. The van der Waals surface area contributed by atoms with Gasteiger partial charge in [-0.2, -0.15) is 13.2 Å². The summed E-state index contributed by atoms with van der Waals surface area (Å²) in [4.78, 5) is 15.7. The van der Waals surface area contributed by atoms with Gasteiger partial charge in [-0.3, -0.25) is 4.79 Å². The van der Waals surface area contributed by atoms with Gasteiger partial charge in [0.15, 0.2) is 11.5 Å². The monoisotopic (exact) mass is 471 g/mol. The lowest BCUT2D eigenvalue weighted by atomic mass is 9.67. The zero-order chi connectivity index (χ0) is 23.9. The number of para-hydroxylation sites is 1. The van der Waals surface area contributed by atoms with Crippen molar-refractivity contribution in [2.75, 3.05) is 11.7 Å². The topological polar surface area (TPSA) is 61.1 Å². The smallest absolute Gasteiger partial charge is 0.449 e. The van der Waals surface area contributed by atoms with Crippen molar-refractivity contribution in [3.63, 3.8) is 0 Å². The molecule has 1 atom stereocenters. The van der Waals surface area contributed by atoms with Crippen molar-refractivity contribution in [3.8, 4) is 17.2 Å².